The van der Waals surface area contributed by atoms with Crippen LogP contribution in [-0.2, 0) is 0 Å². The summed E-state index contributed by atoms with van der Waals surface area (Å²) < 4.78 is 2.48. The first kappa shape index (κ1) is 13.3. The number of likely N-dealkylation sites (tertiary alicyclic amines) is 1. The Morgan fingerprint density at radius 1 is 1.10 bits per heavy atom. The smallest absolute Gasteiger partial charge is 0.160 e. The molecular formula is C17H24N4. The first-order chi connectivity index (χ1) is 10.3. The van der Waals surface area contributed by atoms with E-state index < -0.39 is 0 Å². The maximum atomic E-state index is 4.99. The summed E-state index contributed by atoms with van der Waals surface area (Å²) in [5, 5.41) is 0. The molecule has 0 aromatic carbocycles. The van der Waals surface area contributed by atoms with Crippen molar-refractivity contribution in [1.82, 2.24) is 19.4 Å². The zero-order chi connectivity index (χ0) is 14.2. The van der Waals surface area contributed by atoms with E-state index >= 15 is 0 Å². The number of rotatable bonds is 2. The van der Waals surface area contributed by atoms with E-state index in [9.17, 15) is 0 Å². The molecule has 2 aromatic rings. The number of fused-ring (bicyclic) bond motifs is 1. The van der Waals surface area contributed by atoms with Crippen molar-refractivity contribution < 1.29 is 0 Å². The second kappa shape index (κ2) is 5.41. The highest BCUT2D eigenvalue weighted by Crippen LogP contribution is 2.37. The molecule has 1 saturated carbocycles. The number of nitrogens with zero attached hydrogens (tertiary/aromatic N) is 4. The van der Waals surface area contributed by atoms with E-state index in [1.165, 1.54) is 57.3 Å². The number of aromatic nitrogens is 3. The standard InChI is InChI=1S/C17H24N4/c1-20-12-5-4-10-15(20)17-19-14-9-6-11-18-16(14)21(17)13-7-2-3-8-13/h6,9,11,13,15H,2-5,7-8,10,12H2,1H3. The van der Waals surface area contributed by atoms with Gasteiger partial charge in [0.25, 0.3) is 0 Å². The van der Waals surface area contributed by atoms with Crippen LogP contribution in [0.15, 0.2) is 18.3 Å². The number of pyridine rings is 1. The second-order valence-corrected chi connectivity index (χ2v) is 6.62. The van der Waals surface area contributed by atoms with Gasteiger partial charge in [-0.1, -0.05) is 19.3 Å². The van der Waals surface area contributed by atoms with Crippen molar-refractivity contribution >= 4 is 11.2 Å². The summed E-state index contributed by atoms with van der Waals surface area (Å²) in [5.41, 5.74) is 2.16. The summed E-state index contributed by atoms with van der Waals surface area (Å²) in [6.45, 7) is 1.19. The van der Waals surface area contributed by atoms with E-state index in [1.54, 1.807) is 0 Å². The summed E-state index contributed by atoms with van der Waals surface area (Å²) in [5.74, 6) is 1.26. The molecule has 1 saturated heterocycles. The number of piperidine rings is 1. The largest absolute Gasteiger partial charge is 0.308 e. The van der Waals surface area contributed by atoms with Crippen LogP contribution in [0.2, 0.25) is 0 Å². The minimum Gasteiger partial charge on any atom is -0.308 e. The van der Waals surface area contributed by atoms with Crippen LogP contribution in [0.5, 0.6) is 0 Å². The summed E-state index contributed by atoms with van der Waals surface area (Å²) in [6, 6.07) is 5.19. The summed E-state index contributed by atoms with van der Waals surface area (Å²) in [7, 11) is 2.25. The third-order valence-corrected chi connectivity index (χ3v) is 5.23. The second-order valence-electron chi connectivity index (χ2n) is 6.62. The van der Waals surface area contributed by atoms with Crippen LogP contribution in [0.3, 0.4) is 0 Å². The van der Waals surface area contributed by atoms with Gasteiger partial charge >= 0.3 is 0 Å². The van der Waals surface area contributed by atoms with Crippen LogP contribution < -0.4 is 0 Å². The van der Waals surface area contributed by atoms with Crippen LogP contribution in [0.25, 0.3) is 11.2 Å². The topological polar surface area (TPSA) is 34.0 Å². The summed E-state index contributed by atoms with van der Waals surface area (Å²) >= 11 is 0. The van der Waals surface area contributed by atoms with Crippen molar-refractivity contribution in [2.45, 2.75) is 57.0 Å². The van der Waals surface area contributed by atoms with Gasteiger partial charge in [-0.2, -0.15) is 0 Å². The molecule has 1 aliphatic carbocycles. The van der Waals surface area contributed by atoms with E-state index in [0.29, 0.717) is 12.1 Å². The molecule has 0 bridgehead atoms. The molecule has 0 N–H and O–H groups in total. The fraction of sp³-hybridized carbons (Fsp3) is 0.647. The molecule has 2 aliphatic rings. The van der Waals surface area contributed by atoms with Crippen LogP contribution in [0.4, 0.5) is 0 Å². The first-order valence-corrected chi connectivity index (χ1v) is 8.37. The predicted octanol–water partition coefficient (Wildman–Crippen LogP) is 3.70. The Kier molecular flexibility index (Phi) is 3.42. The number of hydrogen-bond donors (Lipinski definition) is 0. The van der Waals surface area contributed by atoms with Gasteiger partial charge in [-0.25, -0.2) is 9.97 Å². The Labute approximate surface area is 126 Å². The van der Waals surface area contributed by atoms with E-state index in [-0.39, 0.29) is 0 Å². The molecule has 0 amide bonds. The quantitative estimate of drug-likeness (QED) is 0.843. The van der Waals surface area contributed by atoms with Crippen LogP contribution in [0.1, 0.15) is 62.9 Å². The molecule has 0 spiro atoms. The van der Waals surface area contributed by atoms with E-state index in [0.717, 1.165) is 11.2 Å². The van der Waals surface area contributed by atoms with Crippen LogP contribution in [0, 0.1) is 0 Å². The van der Waals surface area contributed by atoms with E-state index in [2.05, 4.69) is 27.6 Å². The maximum absolute atomic E-state index is 4.99. The van der Waals surface area contributed by atoms with Crippen molar-refractivity contribution in [2.75, 3.05) is 13.6 Å². The average Bonchev–Trinajstić information content (AvgIpc) is 3.14. The summed E-state index contributed by atoms with van der Waals surface area (Å²) in [4.78, 5) is 12.1. The van der Waals surface area contributed by atoms with Crippen molar-refractivity contribution in [3.05, 3.63) is 24.2 Å². The zero-order valence-corrected chi connectivity index (χ0v) is 12.8. The van der Waals surface area contributed by atoms with Gasteiger partial charge in [0.2, 0.25) is 0 Å². The molecule has 1 atom stereocenters. The Hall–Kier alpha value is -1.42. The SMILES string of the molecule is CN1CCCCC1c1nc2cccnc2n1C1CCCC1. The Bertz CT molecular complexity index is 627. The minimum atomic E-state index is 0.466. The lowest BCUT2D eigenvalue weighted by Gasteiger charge is -2.33. The lowest BCUT2D eigenvalue weighted by atomic mass is 10.0. The third kappa shape index (κ3) is 2.26. The van der Waals surface area contributed by atoms with Crippen molar-refractivity contribution in [1.29, 1.82) is 0 Å². The Morgan fingerprint density at radius 3 is 2.71 bits per heavy atom. The van der Waals surface area contributed by atoms with Crippen molar-refractivity contribution in [2.24, 2.45) is 0 Å². The van der Waals surface area contributed by atoms with Gasteiger partial charge in [-0.3, -0.25) is 4.90 Å². The fourth-order valence-electron chi connectivity index (χ4n) is 4.11. The van der Waals surface area contributed by atoms with Gasteiger partial charge in [-0.15, -0.1) is 0 Å². The molecule has 4 rings (SSSR count). The van der Waals surface area contributed by atoms with Gasteiger partial charge in [0.15, 0.2) is 5.65 Å². The minimum absolute atomic E-state index is 0.466. The monoisotopic (exact) mass is 284 g/mol. The maximum Gasteiger partial charge on any atom is 0.160 e. The van der Waals surface area contributed by atoms with E-state index in [1.807, 2.05) is 12.3 Å². The highest BCUT2D eigenvalue weighted by molar-refractivity contribution is 5.71. The molecule has 4 heteroatoms. The highest BCUT2D eigenvalue weighted by Gasteiger charge is 2.30. The average molecular weight is 284 g/mol. The van der Waals surface area contributed by atoms with E-state index in [4.69, 9.17) is 4.98 Å². The molecule has 112 valence electrons. The van der Waals surface area contributed by atoms with Crippen LogP contribution in [-0.4, -0.2) is 33.0 Å². The molecule has 2 aromatic heterocycles. The summed E-state index contributed by atoms with van der Waals surface area (Å²) in [6.07, 6.45) is 11.0. The zero-order valence-electron chi connectivity index (χ0n) is 12.8. The molecule has 1 aliphatic heterocycles. The molecule has 1 unspecified atom stereocenters. The number of imidazole rings is 1. The first-order valence-electron chi connectivity index (χ1n) is 8.37. The predicted molar refractivity (Wildman–Crippen MR) is 84.3 cm³/mol. The normalized spacial score (nSPS) is 24.9. The Balaban J connectivity index is 1.84. The van der Waals surface area contributed by atoms with Crippen molar-refractivity contribution in [3.63, 3.8) is 0 Å². The highest BCUT2D eigenvalue weighted by atomic mass is 15.2. The van der Waals surface area contributed by atoms with Crippen molar-refractivity contribution in [3.8, 4) is 0 Å². The molecule has 21 heavy (non-hydrogen) atoms. The molecule has 4 nitrogen and oxygen atoms in total. The number of hydrogen-bond acceptors (Lipinski definition) is 3. The lowest BCUT2D eigenvalue weighted by Crippen LogP contribution is -2.32. The molecule has 0 radical (unpaired) electrons. The van der Waals surface area contributed by atoms with Gasteiger partial charge < -0.3 is 4.57 Å². The molecular weight excluding hydrogens is 260 g/mol. The third-order valence-electron chi connectivity index (χ3n) is 5.23. The molecule has 2 fully saturated rings. The van der Waals surface area contributed by atoms with Gasteiger partial charge in [0.1, 0.15) is 11.3 Å². The Morgan fingerprint density at radius 2 is 1.90 bits per heavy atom. The van der Waals surface area contributed by atoms with Gasteiger partial charge in [-0.05, 0) is 51.4 Å². The molecule has 3 heterocycles. The van der Waals surface area contributed by atoms with Gasteiger partial charge in [0.05, 0.1) is 6.04 Å². The van der Waals surface area contributed by atoms with Crippen LogP contribution >= 0.6 is 0 Å². The lowest BCUT2D eigenvalue weighted by molar-refractivity contribution is 0.173. The fourth-order valence-corrected chi connectivity index (χ4v) is 4.11. The van der Waals surface area contributed by atoms with Gasteiger partial charge in [0, 0.05) is 12.2 Å².